The average Bonchev–Trinajstić information content (AvgIpc) is 2.31. The second kappa shape index (κ2) is 6.74. The van der Waals surface area contributed by atoms with Crippen molar-refractivity contribution in [3.8, 4) is 0 Å². The van der Waals surface area contributed by atoms with Crippen LogP contribution < -0.4 is 5.32 Å². The van der Waals surface area contributed by atoms with Gasteiger partial charge in [0, 0.05) is 30.2 Å². The molecule has 1 saturated carbocycles. The highest BCUT2D eigenvalue weighted by Crippen LogP contribution is 2.37. The maximum atomic E-state index is 6.03. The lowest BCUT2D eigenvalue weighted by atomic mass is 9.76. The molecule has 0 bridgehead atoms. The quantitative estimate of drug-likeness (QED) is 0.858. The van der Waals surface area contributed by atoms with Crippen molar-refractivity contribution < 1.29 is 0 Å². The second-order valence-electron chi connectivity index (χ2n) is 5.95. The first-order chi connectivity index (χ1) is 9.06. The summed E-state index contributed by atoms with van der Waals surface area (Å²) in [6.07, 6.45) is 2.48. The number of likely N-dealkylation sites (N-methyl/N-ethyl adjacent to an activating group) is 1. The van der Waals surface area contributed by atoms with E-state index in [9.17, 15) is 0 Å². The summed E-state index contributed by atoms with van der Waals surface area (Å²) in [4.78, 5) is 2.38. The van der Waals surface area contributed by atoms with Crippen LogP contribution in [0.5, 0.6) is 0 Å². The molecule has 0 aliphatic heterocycles. The zero-order valence-corrected chi connectivity index (χ0v) is 13.0. The molecule has 106 valence electrons. The molecule has 1 aliphatic rings. The molecule has 19 heavy (non-hydrogen) atoms. The summed E-state index contributed by atoms with van der Waals surface area (Å²) in [7, 11) is 2.18. The van der Waals surface area contributed by atoms with Gasteiger partial charge in [0.05, 0.1) is 0 Å². The van der Waals surface area contributed by atoms with E-state index in [1.165, 1.54) is 18.4 Å². The van der Waals surface area contributed by atoms with E-state index in [1.54, 1.807) is 0 Å². The van der Waals surface area contributed by atoms with Gasteiger partial charge in [0.1, 0.15) is 0 Å². The summed E-state index contributed by atoms with van der Waals surface area (Å²) in [5.74, 6) is 0.694. The normalized spacial score (nSPS) is 22.8. The first-order valence-corrected chi connectivity index (χ1v) is 7.63. The van der Waals surface area contributed by atoms with Gasteiger partial charge in [-0.2, -0.15) is 0 Å². The Balaban J connectivity index is 1.67. The Morgan fingerprint density at radius 2 is 2.11 bits per heavy atom. The maximum absolute atomic E-state index is 6.03. The van der Waals surface area contributed by atoms with Crippen molar-refractivity contribution in [1.29, 1.82) is 0 Å². The topological polar surface area (TPSA) is 15.3 Å². The molecule has 0 radical (unpaired) electrons. The van der Waals surface area contributed by atoms with Crippen molar-refractivity contribution in [3.05, 3.63) is 34.9 Å². The molecule has 0 saturated heterocycles. The lowest BCUT2D eigenvalue weighted by Crippen LogP contribution is -2.43. The number of benzene rings is 1. The predicted molar refractivity (Wildman–Crippen MR) is 83.0 cm³/mol. The molecule has 1 aliphatic carbocycles. The molecular weight excluding hydrogens is 256 g/mol. The van der Waals surface area contributed by atoms with Crippen LogP contribution in [0.1, 0.15) is 38.2 Å². The van der Waals surface area contributed by atoms with Gasteiger partial charge in [0.25, 0.3) is 0 Å². The fraction of sp³-hybridized carbons (Fsp3) is 0.625. The standard InChI is InChI=1S/C16H25ClN2/c1-12(2)19(3)8-7-18-16-10-14(11-16)13-5-4-6-15(17)9-13/h4-6,9,12,14,16,18H,7-8,10-11H2,1-3H3. The second-order valence-corrected chi connectivity index (χ2v) is 6.39. The Labute approximate surface area is 122 Å². The summed E-state index contributed by atoms with van der Waals surface area (Å²) >= 11 is 6.03. The number of hydrogen-bond donors (Lipinski definition) is 1. The van der Waals surface area contributed by atoms with Crippen LogP contribution in [-0.4, -0.2) is 37.1 Å². The number of rotatable bonds is 6. The zero-order valence-electron chi connectivity index (χ0n) is 12.2. The van der Waals surface area contributed by atoms with Gasteiger partial charge >= 0.3 is 0 Å². The van der Waals surface area contributed by atoms with Gasteiger partial charge in [-0.1, -0.05) is 23.7 Å². The molecule has 1 fully saturated rings. The van der Waals surface area contributed by atoms with Gasteiger partial charge in [-0.05, 0) is 57.4 Å². The molecule has 0 atom stereocenters. The monoisotopic (exact) mass is 280 g/mol. The van der Waals surface area contributed by atoms with Crippen molar-refractivity contribution >= 4 is 11.6 Å². The molecule has 2 nitrogen and oxygen atoms in total. The van der Waals surface area contributed by atoms with Crippen LogP contribution >= 0.6 is 11.6 Å². The van der Waals surface area contributed by atoms with Crippen LogP contribution in [0.4, 0.5) is 0 Å². The molecular formula is C16H25ClN2. The van der Waals surface area contributed by atoms with Gasteiger partial charge in [0.2, 0.25) is 0 Å². The van der Waals surface area contributed by atoms with Crippen molar-refractivity contribution in [2.45, 2.75) is 44.7 Å². The number of halogens is 1. The zero-order chi connectivity index (χ0) is 13.8. The molecule has 0 amide bonds. The highest BCUT2D eigenvalue weighted by molar-refractivity contribution is 6.30. The molecule has 0 heterocycles. The Morgan fingerprint density at radius 1 is 1.37 bits per heavy atom. The van der Waals surface area contributed by atoms with Crippen LogP contribution in [0.3, 0.4) is 0 Å². The Morgan fingerprint density at radius 3 is 2.74 bits per heavy atom. The molecule has 1 N–H and O–H groups in total. The van der Waals surface area contributed by atoms with E-state index in [-0.39, 0.29) is 0 Å². The van der Waals surface area contributed by atoms with E-state index in [2.05, 4.69) is 49.3 Å². The van der Waals surface area contributed by atoms with Gasteiger partial charge in [0.15, 0.2) is 0 Å². The van der Waals surface area contributed by atoms with Crippen molar-refractivity contribution in [2.75, 3.05) is 20.1 Å². The highest BCUT2D eigenvalue weighted by Gasteiger charge is 2.29. The third kappa shape index (κ3) is 4.20. The van der Waals surface area contributed by atoms with Crippen molar-refractivity contribution in [2.24, 2.45) is 0 Å². The van der Waals surface area contributed by atoms with Crippen molar-refractivity contribution in [1.82, 2.24) is 10.2 Å². The summed E-state index contributed by atoms with van der Waals surface area (Å²) in [6, 6.07) is 9.61. The predicted octanol–water partition coefficient (Wildman–Crippen LogP) is 3.52. The Hall–Kier alpha value is -0.570. The minimum absolute atomic E-state index is 0.627. The van der Waals surface area contributed by atoms with E-state index >= 15 is 0 Å². The molecule has 3 heteroatoms. The fourth-order valence-electron chi connectivity index (χ4n) is 2.52. The highest BCUT2D eigenvalue weighted by atomic mass is 35.5. The lowest BCUT2D eigenvalue weighted by Gasteiger charge is -2.37. The molecule has 1 aromatic carbocycles. The minimum atomic E-state index is 0.627. The molecule has 0 aromatic heterocycles. The van der Waals surface area contributed by atoms with Gasteiger partial charge in [-0.3, -0.25) is 0 Å². The number of nitrogens with one attached hydrogen (secondary N) is 1. The maximum Gasteiger partial charge on any atom is 0.0408 e. The van der Waals surface area contributed by atoms with E-state index in [0.29, 0.717) is 18.0 Å². The molecule has 2 rings (SSSR count). The van der Waals surface area contributed by atoms with Gasteiger partial charge in [-0.15, -0.1) is 0 Å². The van der Waals surface area contributed by atoms with Gasteiger partial charge < -0.3 is 10.2 Å². The first-order valence-electron chi connectivity index (χ1n) is 7.25. The third-order valence-electron chi connectivity index (χ3n) is 4.24. The van der Waals surface area contributed by atoms with Crippen LogP contribution in [0.25, 0.3) is 0 Å². The van der Waals surface area contributed by atoms with E-state index < -0.39 is 0 Å². The minimum Gasteiger partial charge on any atom is -0.313 e. The summed E-state index contributed by atoms with van der Waals surface area (Å²) in [5, 5.41) is 4.50. The van der Waals surface area contributed by atoms with Crippen LogP contribution in [-0.2, 0) is 0 Å². The summed E-state index contributed by atoms with van der Waals surface area (Å²) < 4.78 is 0. The molecule has 0 spiro atoms. The smallest absolute Gasteiger partial charge is 0.0408 e. The van der Waals surface area contributed by atoms with Gasteiger partial charge in [-0.25, -0.2) is 0 Å². The van der Waals surface area contributed by atoms with Crippen molar-refractivity contribution in [3.63, 3.8) is 0 Å². The largest absolute Gasteiger partial charge is 0.313 e. The summed E-state index contributed by atoms with van der Waals surface area (Å²) in [6.45, 7) is 6.68. The number of nitrogens with zero attached hydrogens (tertiary/aromatic N) is 1. The Kier molecular flexibility index (Phi) is 5.26. The van der Waals surface area contributed by atoms with Crippen LogP contribution in [0.15, 0.2) is 24.3 Å². The fourth-order valence-corrected chi connectivity index (χ4v) is 2.72. The molecule has 1 aromatic rings. The Bertz CT molecular complexity index is 399. The van der Waals surface area contributed by atoms with Crippen LogP contribution in [0.2, 0.25) is 5.02 Å². The van der Waals surface area contributed by atoms with E-state index in [0.717, 1.165) is 18.1 Å². The van der Waals surface area contributed by atoms with Crippen LogP contribution in [0, 0.1) is 0 Å². The lowest BCUT2D eigenvalue weighted by molar-refractivity contribution is 0.242. The SMILES string of the molecule is CC(C)N(C)CCNC1CC(c2cccc(Cl)c2)C1. The molecule has 0 unspecified atom stereocenters. The summed E-state index contributed by atoms with van der Waals surface area (Å²) in [5.41, 5.74) is 1.39. The number of hydrogen-bond acceptors (Lipinski definition) is 2. The average molecular weight is 281 g/mol. The first kappa shape index (κ1) is 14.8. The van der Waals surface area contributed by atoms with E-state index in [1.807, 2.05) is 6.07 Å². The third-order valence-corrected chi connectivity index (χ3v) is 4.47. The van der Waals surface area contributed by atoms with E-state index in [4.69, 9.17) is 11.6 Å².